The van der Waals surface area contributed by atoms with Gasteiger partial charge in [-0.05, 0) is 19.8 Å². The largest absolute Gasteiger partial charge is 0.393 e. The van der Waals surface area contributed by atoms with Crippen LogP contribution in [0.5, 0.6) is 0 Å². The molecule has 0 saturated carbocycles. The molecule has 5 nitrogen and oxygen atoms in total. The van der Waals surface area contributed by atoms with Crippen molar-refractivity contribution in [2.24, 2.45) is 0 Å². The molecule has 1 atom stereocenters. The zero-order valence-corrected chi connectivity index (χ0v) is 9.19. The van der Waals surface area contributed by atoms with Gasteiger partial charge in [-0.15, -0.1) is 0 Å². The summed E-state index contributed by atoms with van der Waals surface area (Å²) in [7, 11) is 0. The van der Waals surface area contributed by atoms with Crippen LogP contribution >= 0.6 is 0 Å². The molecule has 0 aliphatic carbocycles. The predicted octanol–water partition coefficient (Wildman–Crippen LogP) is -0.506. The topological polar surface area (TPSA) is 69.6 Å². The molecule has 1 unspecified atom stereocenters. The number of aliphatic hydroxyl groups excluding tert-OH is 1. The van der Waals surface area contributed by atoms with Crippen molar-refractivity contribution in [1.82, 2.24) is 10.2 Å². The van der Waals surface area contributed by atoms with E-state index < -0.39 is 6.04 Å². The van der Waals surface area contributed by atoms with Crippen molar-refractivity contribution in [2.75, 3.05) is 13.1 Å². The lowest BCUT2D eigenvalue weighted by molar-refractivity contribution is -0.137. The van der Waals surface area contributed by atoms with E-state index in [1.54, 1.807) is 11.8 Å². The van der Waals surface area contributed by atoms with Crippen molar-refractivity contribution < 1.29 is 14.7 Å². The van der Waals surface area contributed by atoms with Crippen molar-refractivity contribution in [3.8, 4) is 0 Å². The van der Waals surface area contributed by atoms with Crippen molar-refractivity contribution >= 4 is 11.8 Å². The predicted molar refractivity (Wildman–Crippen MR) is 55.1 cm³/mol. The summed E-state index contributed by atoms with van der Waals surface area (Å²) in [6.45, 7) is 4.21. The molecule has 0 bridgehead atoms. The maximum absolute atomic E-state index is 11.8. The van der Waals surface area contributed by atoms with E-state index in [0.29, 0.717) is 25.9 Å². The molecule has 1 saturated heterocycles. The molecule has 15 heavy (non-hydrogen) atoms. The lowest BCUT2D eigenvalue weighted by Crippen LogP contribution is -2.49. The quantitative estimate of drug-likeness (QED) is 0.650. The Morgan fingerprint density at radius 3 is 2.40 bits per heavy atom. The number of likely N-dealkylation sites (tertiary alicyclic amines) is 1. The molecule has 86 valence electrons. The van der Waals surface area contributed by atoms with E-state index in [0.717, 1.165) is 0 Å². The zero-order chi connectivity index (χ0) is 11.4. The van der Waals surface area contributed by atoms with Gasteiger partial charge in [-0.1, -0.05) is 0 Å². The van der Waals surface area contributed by atoms with E-state index in [4.69, 9.17) is 0 Å². The highest BCUT2D eigenvalue weighted by Crippen LogP contribution is 2.10. The van der Waals surface area contributed by atoms with Gasteiger partial charge in [0.15, 0.2) is 0 Å². The fraction of sp³-hybridized carbons (Fsp3) is 0.800. The SMILES string of the molecule is CC(=O)NC(C)C(=O)N1CCC(O)CC1. The van der Waals surface area contributed by atoms with E-state index in [9.17, 15) is 14.7 Å². The summed E-state index contributed by atoms with van der Waals surface area (Å²) in [6.07, 6.45) is 0.960. The molecule has 1 rings (SSSR count). The minimum absolute atomic E-state index is 0.0721. The fourth-order valence-electron chi connectivity index (χ4n) is 1.73. The third-order valence-corrected chi connectivity index (χ3v) is 2.57. The Hall–Kier alpha value is -1.10. The third-order valence-electron chi connectivity index (χ3n) is 2.57. The molecule has 1 aliphatic heterocycles. The number of carbonyl (C=O) groups is 2. The molecule has 2 amide bonds. The first-order valence-electron chi connectivity index (χ1n) is 5.24. The summed E-state index contributed by atoms with van der Waals surface area (Å²) < 4.78 is 0. The third kappa shape index (κ3) is 3.51. The summed E-state index contributed by atoms with van der Waals surface area (Å²) in [5, 5.41) is 11.8. The number of hydrogen-bond donors (Lipinski definition) is 2. The highest BCUT2D eigenvalue weighted by Gasteiger charge is 2.25. The fourth-order valence-corrected chi connectivity index (χ4v) is 1.73. The number of amides is 2. The van der Waals surface area contributed by atoms with Crippen LogP contribution in [0.25, 0.3) is 0 Å². The lowest BCUT2D eigenvalue weighted by atomic mass is 10.1. The van der Waals surface area contributed by atoms with Gasteiger partial charge < -0.3 is 15.3 Å². The van der Waals surface area contributed by atoms with Gasteiger partial charge in [0.25, 0.3) is 0 Å². The van der Waals surface area contributed by atoms with Crippen LogP contribution in [0.1, 0.15) is 26.7 Å². The summed E-state index contributed by atoms with van der Waals surface area (Å²) in [6, 6.07) is -0.474. The van der Waals surface area contributed by atoms with Crippen LogP contribution in [0.4, 0.5) is 0 Å². The molecule has 0 aromatic heterocycles. The summed E-state index contributed by atoms with van der Waals surface area (Å²) in [4.78, 5) is 24.2. The van der Waals surface area contributed by atoms with E-state index in [1.165, 1.54) is 6.92 Å². The molecule has 1 aliphatic rings. The van der Waals surface area contributed by atoms with Crippen LogP contribution < -0.4 is 5.32 Å². The minimum atomic E-state index is -0.474. The highest BCUT2D eigenvalue weighted by molar-refractivity contribution is 5.86. The van der Waals surface area contributed by atoms with Gasteiger partial charge in [-0.2, -0.15) is 0 Å². The smallest absolute Gasteiger partial charge is 0.244 e. The Labute approximate surface area is 89.4 Å². The number of hydrogen-bond acceptors (Lipinski definition) is 3. The molecule has 0 aromatic rings. The second kappa shape index (κ2) is 5.11. The van der Waals surface area contributed by atoms with Crippen LogP contribution in [0.2, 0.25) is 0 Å². The van der Waals surface area contributed by atoms with Crippen LogP contribution in [-0.4, -0.2) is 47.1 Å². The van der Waals surface area contributed by atoms with Crippen molar-refractivity contribution in [3.05, 3.63) is 0 Å². The molecule has 0 aromatic carbocycles. The first-order chi connectivity index (χ1) is 7.00. The molecule has 5 heteroatoms. The number of nitrogens with one attached hydrogen (secondary N) is 1. The molecule has 0 radical (unpaired) electrons. The minimum Gasteiger partial charge on any atom is -0.393 e. The van der Waals surface area contributed by atoms with Crippen molar-refractivity contribution in [2.45, 2.75) is 38.8 Å². The Kier molecular flexibility index (Phi) is 4.08. The van der Waals surface area contributed by atoms with E-state index in [2.05, 4.69) is 5.32 Å². The number of nitrogens with zero attached hydrogens (tertiary/aromatic N) is 1. The second-order valence-electron chi connectivity index (χ2n) is 3.98. The Bertz CT molecular complexity index is 247. The highest BCUT2D eigenvalue weighted by atomic mass is 16.3. The Morgan fingerprint density at radius 1 is 1.40 bits per heavy atom. The van der Waals surface area contributed by atoms with Crippen molar-refractivity contribution in [3.63, 3.8) is 0 Å². The number of carbonyl (C=O) groups excluding carboxylic acids is 2. The molecule has 2 N–H and O–H groups in total. The molecule has 1 heterocycles. The van der Waals surface area contributed by atoms with Gasteiger partial charge in [0.05, 0.1) is 6.10 Å². The summed E-state index contributed by atoms with van der Waals surface area (Å²) in [5.41, 5.74) is 0. The monoisotopic (exact) mass is 214 g/mol. The maximum atomic E-state index is 11.8. The summed E-state index contributed by atoms with van der Waals surface area (Å²) in [5.74, 6) is -0.273. The van der Waals surface area contributed by atoms with Gasteiger partial charge in [0, 0.05) is 20.0 Å². The van der Waals surface area contributed by atoms with E-state index in [1.807, 2.05) is 0 Å². The molecule has 1 fully saturated rings. The van der Waals surface area contributed by atoms with E-state index >= 15 is 0 Å². The van der Waals surface area contributed by atoms with Gasteiger partial charge in [0.2, 0.25) is 11.8 Å². The van der Waals surface area contributed by atoms with Crippen LogP contribution in [0, 0.1) is 0 Å². The number of aliphatic hydroxyl groups is 1. The lowest BCUT2D eigenvalue weighted by Gasteiger charge is -2.31. The standard InChI is InChI=1S/C10H18N2O3/c1-7(11-8(2)13)10(15)12-5-3-9(14)4-6-12/h7,9,14H,3-6H2,1-2H3,(H,11,13). The Balaban J connectivity index is 2.42. The molecular formula is C10H18N2O3. The van der Waals surface area contributed by atoms with E-state index in [-0.39, 0.29) is 17.9 Å². The molecular weight excluding hydrogens is 196 g/mol. The van der Waals surface area contributed by atoms with Gasteiger partial charge in [-0.3, -0.25) is 9.59 Å². The maximum Gasteiger partial charge on any atom is 0.244 e. The van der Waals surface area contributed by atoms with Crippen LogP contribution in [0.15, 0.2) is 0 Å². The second-order valence-corrected chi connectivity index (χ2v) is 3.98. The van der Waals surface area contributed by atoms with Crippen LogP contribution in [-0.2, 0) is 9.59 Å². The first-order valence-corrected chi connectivity index (χ1v) is 5.24. The van der Waals surface area contributed by atoms with Crippen molar-refractivity contribution in [1.29, 1.82) is 0 Å². The van der Waals surface area contributed by atoms with Gasteiger partial charge in [-0.25, -0.2) is 0 Å². The summed E-state index contributed by atoms with van der Waals surface area (Å²) >= 11 is 0. The normalized spacial score (nSPS) is 19.8. The number of rotatable bonds is 2. The Morgan fingerprint density at radius 2 is 1.93 bits per heavy atom. The average Bonchev–Trinajstić information content (AvgIpc) is 2.17. The number of piperidine rings is 1. The van der Waals surface area contributed by atoms with Gasteiger partial charge in [0.1, 0.15) is 6.04 Å². The zero-order valence-electron chi connectivity index (χ0n) is 9.19. The van der Waals surface area contributed by atoms with Gasteiger partial charge >= 0.3 is 0 Å². The average molecular weight is 214 g/mol. The van der Waals surface area contributed by atoms with Crippen LogP contribution in [0.3, 0.4) is 0 Å². The first kappa shape index (κ1) is 12.0. The molecule has 0 spiro atoms.